The number of para-hydroxylation sites is 1. The molecule has 0 aliphatic carbocycles. The Kier molecular flexibility index (Phi) is 13.7. The van der Waals surface area contributed by atoms with Crippen molar-refractivity contribution in [2.45, 2.75) is 44.7 Å². The van der Waals surface area contributed by atoms with Crippen LogP contribution in [0.25, 0.3) is 10.9 Å². The standard InChI is InChI=1S/C39H44FN3O5/c1-3-10-30(24-37(45)43(20-21-44)26-29-12-6-5-7-13-29)38(46)42-34(23-32-25-41-36-15-9-8-14-35(32)36)27-48-39(47)31(11-4-2)22-28-16-18-33(40)19-17-28/h3-9,12-19,25,30-31,34,41,44H,1-2,10-11,20-24,26-27H2,(H,42,46)/t30-,31+,34-/m1/s1. The summed E-state index contributed by atoms with van der Waals surface area (Å²) >= 11 is 0. The fourth-order valence-electron chi connectivity index (χ4n) is 5.75. The minimum absolute atomic E-state index is 0.0800. The Morgan fingerprint density at radius 1 is 0.896 bits per heavy atom. The van der Waals surface area contributed by atoms with E-state index in [2.05, 4.69) is 23.5 Å². The summed E-state index contributed by atoms with van der Waals surface area (Å²) in [6, 6.07) is 22.7. The SMILES string of the molecule is C=CC[C@H](CC(=O)N(CCO)Cc1ccccc1)C(=O)N[C@@H](COC(=O)[C@@H](CC=C)Cc1ccc(F)cc1)Cc1c[nH]c2ccccc12. The van der Waals surface area contributed by atoms with Crippen molar-refractivity contribution in [1.29, 1.82) is 0 Å². The lowest BCUT2D eigenvalue weighted by atomic mass is 9.96. The highest BCUT2D eigenvalue weighted by atomic mass is 19.1. The van der Waals surface area contributed by atoms with Crippen molar-refractivity contribution in [1.82, 2.24) is 15.2 Å². The van der Waals surface area contributed by atoms with Crippen LogP contribution >= 0.6 is 0 Å². The van der Waals surface area contributed by atoms with Gasteiger partial charge in [-0.1, -0.05) is 72.8 Å². The predicted octanol–water partition coefficient (Wildman–Crippen LogP) is 5.92. The van der Waals surface area contributed by atoms with Gasteiger partial charge in [0.15, 0.2) is 0 Å². The number of carbonyl (C=O) groups excluding carboxylic acids is 3. The number of esters is 1. The van der Waals surface area contributed by atoms with E-state index in [1.165, 1.54) is 12.1 Å². The Labute approximate surface area is 281 Å². The number of fused-ring (bicyclic) bond motifs is 1. The number of benzene rings is 3. The number of hydrogen-bond acceptors (Lipinski definition) is 5. The van der Waals surface area contributed by atoms with E-state index in [0.717, 1.165) is 27.6 Å². The number of amides is 2. The van der Waals surface area contributed by atoms with Crippen molar-refractivity contribution < 1.29 is 28.6 Å². The van der Waals surface area contributed by atoms with Gasteiger partial charge in [0.05, 0.1) is 24.5 Å². The zero-order chi connectivity index (χ0) is 34.3. The number of allylic oxidation sites excluding steroid dienone is 2. The number of nitrogens with zero attached hydrogens (tertiary/aromatic N) is 1. The first-order chi connectivity index (χ1) is 23.3. The molecule has 1 aromatic heterocycles. The van der Waals surface area contributed by atoms with Gasteiger partial charge in [-0.2, -0.15) is 0 Å². The van der Waals surface area contributed by atoms with Gasteiger partial charge >= 0.3 is 5.97 Å². The zero-order valence-corrected chi connectivity index (χ0v) is 27.2. The van der Waals surface area contributed by atoms with Crippen molar-refractivity contribution in [3.63, 3.8) is 0 Å². The molecule has 0 radical (unpaired) electrons. The van der Waals surface area contributed by atoms with Crippen LogP contribution in [0.15, 0.2) is 110 Å². The lowest BCUT2D eigenvalue weighted by Crippen LogP contribution is -2.45. The number of ether oxygens (including phenoxy) is 1. The average molecular weight is 654 g/mol. The third kappa shape index (κ3) is 10.5. The van der Waals surface area contributed by atoms with E-state index < -0.39 is 23.8 Å². The normalized spacial score (nSPS) is 12.9. The Bertz CT molecular complexity index is 1650. The zero-order valence-electron chi connectivity index (χ0n) is 27.2. The number of aliphatic hydroxyl groups is 1. The van der Waals surface area contributed by atoms with Crippen LogP contribution < -0.4 is 5.32 Å². The van der Waals surface area contributed by atoms with Gasteiger partial charge < -0.3 is 25.0 Å². The third-order valence-electron chi connectivity index (χ3n) is 8.28. The Balaban J connectivity index is 1.49. The molecule has 48 heavy (non-hydrogen) atoms. The van der Waals surface area contributed by atoms with Gasteiger partial charge in [0.1, 0.15) is 12.4 Å². The lowest BCUT2D eigenvalue weighted by molar-refractivity contribution is -0.149. The van der Waals surface area contributed by atoms with Gasteiger partial charge in [-0.05, 0) is 60.6 Å². The van der Waals surface area contributed by atoms with E-state index >= 15 is 0 Å². The number of carbonyl (C=O) groups is 3. The molecular formula is C39H44FN3O5. The molecule has 0 aliphatic heterocycles. The van der Waals surface area contributed by atoms with Crippen LogP contribution in [-0.4, -0.2) is 58.6 Å². The molecule has 0 bridgehead atoms. The van der Waals surface area contributed by atoms with Gasteiger partial charge in [-0.3, -0.25) is 14.4 Å². The maximum Gasteiger partial charge on any atom is 0.309 e. The van der Waals surface area contributed by atoms with E-state index in [1.807, 2.05) is 60.8 Å². The molecule has 0 saturated carbocycles. The Morgan fingerprint density at radius 3 is 2.29 bits per heavy atom. The molecule has 3 N–H and O–H groups in total. The molecule has 0 fully saturated rings. The second-order valence-corrected chi connectivity index (χ2v) is 11.9. The summed E-state index contributed by atoms with van der Waals surface area (Å²) in [5.41, 5.74) is 3.59. The van der Waals surface area contributed by atoms with Crippen molar-refractivity contribution in [2.24, 2.45) is 11.8 Å². The quantitative estimate of drug-likeness (QED) is 0.0860. The number of hydrogen-bond donors (Lipinski definition) is 3. The molecule has 252 valence electrons. The molecule has 0 spiro atoms. The maximum atomic E-state index is 13.8. The van der Waals surface area contributed by atoms with Crippen LogP contribution in [0.5, 0.6) is 0 Å². The van der Waals surface area contributed by atoms with Crippen LogP contribution in [0.2, 0.25) is 0 Å². The van der Waals surface area contributed by atoms with Gasteiger partial charge in [0.2, 0.25) is 11.8 Å². The smallest absolute Gasteiger partial charge is 0.309 e. The number of aromatic amines is 1. The van der Waals surface area contributed by atoms with Crippen LogP contribution in [-0.2, 0) is 38.5 Å². The Hall–Kier alpha value is -5.02. The topological polar surface area (TPSA) is 112 Å². The van der Waals surface area contributed by atoms with Gasteiger partial charge in [-0.25, -0.2) is 4.39 Å². The fraction of sp³-hybridized carbons (Fsp3) is 0.308. The van der Waals surface area contributed by atoms with Crippen LogP contribution in [0.4, 0.5) is 4.39 Å². The van der Waals surface area contributed by atoms with Crippen molar-refractivity contribution in [3.05, 3.63) is 133 Å². The van der Waals surface area contributed by atoms with Gasteiger partial charge in [0, 0.05) is 36.6 Å². The molecule has 0 aliphatic rings. The highest BCUT2D eigenvalue weighted by Gasteiger charge is 2.28. The molecule has 2 amide bonds. The number of aliphatic hydroxyl groups excluding tert-OH is 1. The summed E-state index contributed by atoms with van der Waals surface area (Å²) in [6.45, 7) is 7.73. The summed E-state index contributed by atoms with van der Waals surface area (Å²) in [7, 11) is 0. The fourth-order valence-corrected chi connectivity index (χ4v) is 5.75. The summed E-state index contributed by atoms with van der Waals surface area (Å²) in [5.74, 6) is -2.68. The largest absolute Gasteiger partial charge is 0.463 e. The van der Waals surface area contributed by atoms with Gasteiger partial charge in [-0.15, -0.1) is 13.2 Å². The van der Waals surface area contributed by atoms with Crippen LogP contribution in [0, 0.1) is 17.7 Å². The number of H-pyrrole nitrogens is 1. The molecular weight excluding hydrogens is 609 g/mol. The maximum absolute atomic E-state index is 13.8. The average Bonchev–Trinajstić information content (AvgIpc) is 3.50. The molecule has 9 heteroatoms. The monoisotopic (exact) mass is 653 g/mol. The number of halogens is 1. The second-order valence-electron chi connectivity index (χ2n) is 11.9. The minimum Gasteiger partial charge on any atom is -0.463 e. The van der Waals surface area contributed by atoms with E-state index in [9.17, 15) is 23.9 Å². The molecule has 8 nitrogen and oxygen atoms in total. The van der Waals surface area contributed by atoms with E-state index in [0.29, 0.717) is 25.8 Å². The summed E-state index contributed by atoms with van der Waals surface area (Å²) in [5, 5.41) is 13.7. The number of rotatable bonds is 19. The molecule has 3 atom stereocenters. The lowest BCUT2D eigenvalue weighted by Gasteiger charge is -2.26. The summed E-state index contributed by atoms with van der Waals surface area (Å²) in [4.78, 5) is 45.3. The highest BCUT2D eigenvalue weighted by molar-refractivity contribution is 5.87. The van der Waals surface area contributed by atoms with E-state index in [1.54, 1.807) is 29.2 Å². The number of nitrogens with one attached hydrogen (secondary N) is 2. The molecule has 4 rings (SSSR count). The highest BCUT2D eigenvalue weighted by Crippen LogP contribution is 2.21. The predicted molar refractivity (Wildman–Crippen MR) is 185 cm³/mol. The first kappa shape index (κ1) is 35.8. The Morgan fingerprint density at radius 2 is 1.58 bits per heavy atom. The van der Waals surface area contributed by atoms with Gasteiger partial charge in [0.25, 0.3) is 0 Å². The molecule has 3 aromatic carbocycles. The minimum atomic E-state index is -0.722. The molecule has 0 saturated heterocycles. The van der Waals surface area contributed by atoms with Crippen molar-refractivity contribution in [3.8, 4) is 0 Å². The summed E-state index contributed by atoms with van der Waals surface area (Å²) in [6.07, 6.45) is 6.39. The van der Waals surface area contributed by atoms with E-state index in [4.69, 9.17) is 4.74 Å². The third-order valence-corrected chi connectivity index (χ3v) is 8.28. The van der Waals surface area contributed by atoms with E-state index in [-0.39, 0.29) is 50.2 Å². The van der Waals surface area contributed by atoms with Crippen LogP contribution in [0.1, 0.15) is 36.0 Å². The number of aromatic nitrogens is 1. The van der Waals surface area contributed by atoms with Crippen molar-refractivity contribution >= 4 is 28.7 Å². The summed E-state index contributed by atoms with van der Waals surface area (Å²) < 4.78 is 19.3. The van der Waals surface area contributed by atoms with Crippen molar-refractivity contribution in [2.75, 3.05) is 19.8 Å². The first-order valence-electron chi connectivity index (χ1n) is 16.2. The first-order valence-corrected chi connectivity index (χ1v) is 16.2. The molecule has 1 heterocycles. The molecule has 0 unspecified atom stereocenters. The molecule has 4 aromatic rings. The second kappa shape index (κ2) is 18.4. The van der Waals surface area contributed by atoms with Crippen LogP contribution in [0.3, 0.4) is 0 Å².